The van der Waals surface area contributed by atoms with Crippen LogP contribution in [0.3, 0.4) is 0 Å². The highest BCUT2D eigenvalue weighted by Crippen LogP contribution is 2.26. The van der Waals surface area contributed by atoms with Gasteiger partial charge in [-0.1, -0.05) is 42.5 Å². The van der Waals surface area contributed by atoms with E-state index in [9.17, 15) is 4.79 Å². The van der Waals surface area contributed by atoms with Crippen LogP contribution >= 0.6 is 0 Å². The fourth-order valence-electron chi connectivity index (χ4n) is 1.92. The molecule has 0 aliphatic heterocycles. The second-order valence-corrected chi connectivity index (χ2v) is 4.38. The van der Waals surface area contributed by atoms with Crippen molar-refractivity contribution in [1.82, 2.24) is 0 Å². The average molecular weight is 256 g/mol. The van der Waals surface area contributed by atoms with Crippen molar-refractivity contribution in [2.24, 2.45) is 0 Å². The maximum atomic E-state index is 10.4. The number of carbonyl (C=O) groups is 1. The fourth-order valence-corrected chi connectivity index (χ4v) is 1.92. The normalized spacial score (nSPS) is 12.7. The summed E-state index contributed by atoms with van der Waals surface area (Å²) in [6.07, 6.45) is 3.25. The number of rotatable bonds is 5. The van der Waals surface area contributed by atoms with Gasteiger partial charge in [0.25, 0.3) is 0 Å². The van der Waals surface area contributed by atoms with Crippen molar-refractivity contribution in [2.75, 3.05) is 0 Å². The summed E-state index contributed by atoms with van der Waals surface area (Å²) in [6.45, 7) is 1.92. The Labute approximate surface area is 112 Å². The van der Waals surface area contributed by atoms with Crippen LogP contribution in [0.5, 0.6) is 5.75 Å². The molecule has 0 saturated heterocycles. The van der Waals surface area contributed by atoms with Gasteiger partial charge in [0.2, 0.25) is 0 Å². The van der Waals surface area contributed by atoms with E-state index >= 15 is 0 Å². The highest BCUT2D eigenvalue weighted by molar-refractivity contribution is 5.88. The number of hydrogen-bond donors (Lipinski definition) is 1. The van der Waals surface area contributed by atoms with Crippen molar-refractivity contribution in [1.29, 1.82) is 0 Å². The van der Waals surface area contributed by atoms with Gasteiger partial charge in [0.1, 0.15) is 5.75 Å². The summed E-state index contributed by atoms with van der Waals surface area (Å²) in [6, 6.07) is 13.9. The Morgan fingerprint density at radius 3 is 2.79 bits per heavy atom. The summed E-state index contributed by atoms with van der Waals surface area (Å²) in [5.41, 5.74) is 0. The van der Waals surface area contributed by atoms with Gasteiger partial charge in [-0.05, 0) is 18.4 Å². The maximum Gasteiger partial charge on any atom is 0.327 e. The van der Waals surface area contributed by atoms with Crippen LogP contribution in [0, 0.1) is 0 Å². The zero-order valence-corrected chi connectivity index (χ0v) is 10.7. The number of aliphatic carboxylic acids is 1. The molecule has 3 nitrogen and oxygen atoms in total. The number of ether oxygens (including phenoxy) is 1. The Morgan fingerprint density at radius 1 is 1.26 bits per heavy atom. The lowest BCUT2D eigenvalue weighted by Crippen LogP contribution is -2.10. The quantitative estimate of drug-likeness (QED) is 0.831. The van der Waals surface area contributed by atoms with E-state index in [2.05, 4.69) is 0 Å². The van der Waals surface area contributed by atoms with E-state index in [-0.39, 0.29) is 6.10 Å². The Kier molecular flexibility index (Phi) is 4.18. The minimum absolute atomic E-state index is 0.0681. The van der Waals surface area contributed by atoms with Gasteiger partial charge in [-0.25, -0.2) is 4.79 Å². The third-order valence-electron chi connectivity index (χ3n) is 2.81. The smallest absolute Gasteiger partial charge is 0.327 e. The van der Waals surface area contributed by atoms with Crippen LogP contribution in [0.2, 0.25) is 0 Å². The summed E-state index contributed by atoms with van der Waals surface area (Å²) in [4.78, 5) is 10.4. The predicted molar refractivity (Wildman–Crippen MR) is 75.4 cm³/mol. The molecule has 2 rings (SSSR count). The van der Waals surface area contributed by atoms with Crippen molar-refractivity contribution < 1.29 is 14.6 Å². The van der Waals surface area contributed by atoms with Gasteiger partial charge in [-0.3, -0.25) is 0 Å². The second-order valence-electron chi connectivity index (χ2n) is 4.38. The van der Waals surface area contributed by atoms with Crippen molar-refractivity contribution in [2.45, 2.75) is 19.4 Å². The molecule has 0 radical (unpaired) electrons. The van der Waals surface area contributed by atoms with Crippen molar-refractivity contribution in [3.8, 4) is 5.75 Å². The first kappa shape index (κ1) is 13.1. The molecule has 0 amide bonds. The molecular weight excluding hydrogens is 240 g/mol. The molecule has 1 unspecified atom stereocenters. The molecule has 3 heteroatoms. The van der Waals surface area contributed by atoms with Crippen LogP contribution < -0.4 is 4.74 Å². The number of carboxylic acids is 1. The van der Waals surface area contributed by atoms with Crippen molar-refractivity contribution in [3.63, 3.8) is 0 Å². The SMILES string of the molecule is CC(C/C=C/C(=O)O)Oc1cccc2ccccc12. The minimum atomic E-state index is -0.933. The van der Waals surface area contributed by atoms with E-state index in [0.29, 0.717) is 6.42 Å². The van der Waals surface area contributed by atoms with Gasteiger partial charge in [0.05, 0.1) is 6.10 Å². The highest BCUT2D eigenvalue weighted by atomic mass is 16.5. The molecule has 0 bridgehead atoms. The van der Waals surface area contributed by atoms with Gasteiger partial charge in [0, 0.05) is 17.9 Å². The molecule has 0 fully saturated rings. The number of fused-ring (bicyclic) bond motifs is 1. The van der Waals surface area contributed by atoms with Crippen LogP contribution in [0.15, 0.2) is 54.6 Å². The lowest BCUT2D eigenvalue weighted by atomic mass is 10.1. The first-order valence-electron chi connectivity index (χ1n) is 6.20. The molecule has 1 N–H and O–H groups in total. The Hall–Kier alpha value is -2.29. The van der Waals surface area contributed by atoms with Gasteiger partial charge < -0.3 is 9.84 Å². The minimum Gasteiger partial charge on any atom is -0.490 e. The third-order valence-corrected chi connectivity index (χ3v) is 2.81. The Balaban J connectivity index is 2.11. The van der Waals surface area contributed by atoms with Gasteiger partial charge in [-0.2, -0.15) is 0 Å². The van der Waals surface area contributed by atoms with E-state index < -0.39 is 5.97 Å². The second kappa shape index (κ2) is 6.05. The van der Waals surface area contributed by atoms with Crippen LogP contribution in [0.25, 0.3) is 10.8 Å². The number of benzene rings is 2. The third kappa shape index (κ3) is 3.58. The molecule has 2 aromatic carbocycles. The van der Waals surface area contributed by atoms with Crippen molar-refractivity contribution >= 4 is 16.7 Å². The molecular formula is C16H16O3. The fraction of sp³-hybridized carbons (Fsp3) is 0.188. The molecule has 0 aliphatic rings. The molecule has 1 atom stereocenters. The first-order valence-corrected chi connectivity index (χ1v) is 6.20. The molecule has 0 aromatic heterocycles. The van der Waals surface area contributed by atoms with E-state index in [1.54, 1.807) is 6.08 Å². The lowest BCUT2D eigenvalue weighted by Gasteiger charge is -2.14. The molecule has 19 heavy (non-hydrogen) atoms. The van der Waals surface area contributed by atoms with Crippen LogP contribution in [0.4, 0.5) is 0 Å². The van der Waals surface area contributed by atoms with Gasteiger partial charge >= 0.3 is 5.97 Å². The largest absolute Gasteiger partial charge is 0.490 e. The summed E-state index contributed by atoms with van der Waals surface area (Å²) in [7, 11) is 0. The summed E-state index contributed by atoms with van der Waals surface area (Å²) in [5.74, 6) is -0.105. The number of carboxylic acid groups (broad SMARTS) is 1. The monoisotopic (exact) mass is 256 g/mol. The maximum absolute atomic E-state index is 10.4. The zero-order valence-electron chi connectivity index (χ0n) is 10.7. The highest BCUT2D eigenvalue weighted by Gasteiger charge is 2.05. The van der Waals surface area contributed by atoms with Gasteiger partial charge in [0.15, 0.2) is 0 Å². The molecule has 2 aromatic rings. The molecule has 0 spiro atoms. The average Bonchev–Trinajstić information content (AvgIpc) is 2.39. The van der Waals surface area contributed by atoms with Crippen molar-refractivity contribution in [3.05, 3.63) is 54.6 Å². The number of hydrogen-bond acceptors (Lipinski definition) is 2. The van der Waals surface area contributed by atoms with Gasteiger partial charge in [-0.15, -0.1) is 0 Å². The summed E-state index contributed by atoms with van der Waals surface area (Å²) < 4.78 is 5.87. The summed E-state index contributed by atoms with van der Waals surface area (Å²) >= 11 is 0. The zero-order chi connectivity index (χ0) is 13.7. The van der Waals surface area contributed by atoms with Crippen LogP contribution in [-0.4, -0.2) is 17.2 Å². The van der Waals surface area contributed by atoms with Crippen LogP contribution in [0.1, 0.15) is 13.3 Å². The van der Waals surface area contributed by atoms with E-state index in [1.807, 2.05) is 49.4 Å². The van der Waals surface area contributed by atoms with Crippen LogP contribution in [-0.2, 0) is 4.79 Å². The molecule has 0 heterocycles. The molecule has 0 saturated carbocycles. The Morgan fingerprint density at radius 2 is 2.00 bits per heavy atom. The summed E-state index contributed by atoms with van der Waals surface area (Å²) in [5, 5.41) is 10.7. The topological polar surface area (TPSA) is 46.5 Å². The molecule has 98 valence electrons. The molecule has 0 aliphatic carbocycles. The Bertz CT molecular complexity index is 596. The van der Waals surface area contributed by atoms with E-state index in [0.717, 1.165) is 22.6 Å². The first-order chi connectivity index (χ1) is 9.16. The predicted octanol–water partition coefficient (Wildman–Crippen LogP) is 3.64. The standard InChI is InChI=1S/C16H16O3/c1-12(6-4-11-16(17)18)19-15-10-5-8-13-7-2-3-9-14(13)15/h2-5,7-12H,6H2,1H3,(H,17,18)/b11-4+. The lowest BCUT2D eigenvalue weighted by molar-refractivity contribution is -0.131. The van der Waals surface area contributed by atoms with E-state index in [4.69, 9.17) is 9.84 Å². The van der Waals surface area contributed by atoms with E-state index in [1.165, 1.54) is 0 Å².